The van der Waals surface area contributed by atoms with Crippen molar-refractivity contribution in [1.29, 1.82) is 0 Å². The molecule has 0 aliphatic rings. The first-order valence-corrected chi connectivity index (χ1v) is 6.04. The Hall–Kier alpha value is -0.220. The maximum absolute atomic E-state index is 11.5. The van der Waals surface area contributed by atoms with Gasteiger partial charge in [0.05, 0.1) is 5.25 Å². The summed E-state index contributed by atoms with van der Waals surface area (Å²) in [7, 11) is 2.05. The first-order chi connectivity index (χ1) is 6.86. The van der Waals surface area contributed by atoms with Gasteiger partial charge in [0.1, 0.15) is 0 Å². The highest BCUT2D eigenvalue weighted by atomic mass is 32.1. The average Bonchev–Trinajstić information content (AvgIpc) is 2.15. The molecule has 0 aromatic carbocycles. The molecule has 1 unspecified atom stereocenters. The Morgan fingerprint density at radius 2 is 1.87 bits per heavy atom. The van der Waals surface area contributed by atoms with Crippen LogP contribution in [0.3, 0.4) is 0 Å². The Morgan fingerprint density at radius 3 is 2.27 bits per heavy atom. The maximum atomic E-state index is 11.5. The van der Waals surface area contributed by atoms with Gasteiger partial charge in [-0.3, -0.25) is 4.79 Å². The standard InChI is InChI=1S/C11H24N2OS/c1-8(2)10(15)11(14)12-6-7-13(5)9(3)4/h8-10,15H,6-7H2,1-5H3,(H,12,14). The van der Waals surface area contributed by atoms with E-state index in [4.69, 9.17) is 0 Å². The van der Waals surface area contributed by atoms with E-state index in [1.807, 2.05) is 13.8 Å². The number of amides is 1. The molecule has 0 heterocycles. The minimum Gasteiger partial charge on any atom is -0.354 e. The van der Waals surface area contributed by atoms with E-state index in [-0.39, 0.29) is 17.1 Å². The van der Waals surface area contributed by atoms with Crippen LogP contribution < -0.4 is 5.32 Å². The average molecular weight is 232 g/mol. The van der Waals surface area contributed by atoms with Crippen molar-refractivity contribution in [1.82, 2.24) is 10.2 Å². The van der Waals surface area contributed by atoms with E-state index in [0.717, 1.165) is 6.54 Å². The molecule has 0 aliphatic carbocycles. The zero-order chi connectivity index (χ0) is 12.0. The summed E-state index contributed by atoms with van der Waals surface area (Å²) in [6.45, 7) is 9.84. The first kappa shape index (κ1) is 14.8. The minimum absolute atomic E-state index is 0.0329. The summed E-state index contributed by atoms with van der Waals surface area (Å²) in [5.74, 6) is 0.307. The van der Waals surface area contributed by atoms with Crippen LogP contribution in [-0.4, -0.2) is 42.2 Å². The Labute approximate surface area is 99.0 Å². The van der Waals surface area contributed by atoms with Gasteiger partial charge in [0, 0.05) is 19.1 Å². The molecule has 0 saturated carbocycles. The van der Waals surface area contributed by atoms with Gasteiger partial charge in [0.2, 0.25) is 5.91 Å². The third-order valence-corrected chi connectivity index (χ3v) is 3.38. The number of thiol groups is 1. The summed E-state index contributed by atoms with van der Waals surface area (Å²) >= 11 is 4.26. The third kappa shape index (κ3) is 6.05. The molecule has 0 aliphatic heterocycles. The second-order valence-electron chi connectivity index (χ2n) is 4.55. The lowest BCUT2D eigenvalue weighted by molar-refractivity contribution is -0.121. The summed E-state index contributed by atoms with van der Waals surface area (Å²) in [6.07, 6.45) is 0. The smallest absolute Gasteiger partial charge is 0.233 e. The van der Waals surface area contributed by atoms with Crippen molar-refractivity contribution < 1.29 is 4.79 Å². The van der Waals surface area contributed by atoms with E-state index in [9.17, 15) is 4.79 Å². The summed E-state index contributed by atoms with van der Waals surface area (Å²) in [5.41, 5.74) is 0. The molecule has 0 fully saturated rings. The normalized spacial score (nSPS) is 13.7. The van der Waals surface area contributed by atoms with Crippen LogP contribution in [0.1, 0.15) is 27.7 Å². The molecule has 0 saturated heterocycles. The maximum Gasteiger partial charge on any atom is 0.233 e. The number of likely N-dealkylation sites (N-methyl/N-ethyl adjacent to an activating group) is 1. The van der Waals surface area contributed by atoms with Crippen LogP contribution in [0, 0.1) is 5.92 Å². The number of hydrogen-bond acceptors (Lipinski definition) is 3. The molecule has 0 spiro atoms. The van der Waals surface area contributed by atoms with E-state index in [1.54, 1.807) is 0 Å². The third-order valence-electron chi connectivity index (χ3n) is 2.55. The van der Waals surface area contributed by atoms with Crippen LogP contribution >= 0.6 is 12.6 Å². The Morgan fingerprint density at radius 1 is 1.33 bits per heavy atom. The summed E-state index contributed by atoms with van der Waals surface area (Å²) < 4.78 is 0. The van der Waals surface area contributed by atoms with Crippen LogP contribution in [0.4, 0.5) is 0 Å². The van der Waals surface area contributed by atoms with Gasteiger partial charge in [0.25, 0.3) is 0 Å². The van der Waals surface area contributed by atoms with Crippen molar-refractivity contribution in [3.05, 3.63) is 0 Å². The second-order valence-corrected chi connectivity index (χ2v) is 5.11. The number of rotatable bonds is 6. The van der Waals surface area contributed by atoms with E-state index < -0.39 is 0 Å². The molecule has 1 atom stereocenters. The number of hydrogen-bond donors (Lipinski definition) is 2. The molecule has 4 heteroatoms. The minimum atomic E-state index is -0.200. The molecule has 1 N–H and O–H groups in total. The molecule has 1 amide bonds. The molecule has 0 radical (unpaired) electrons. The fourth-order valence-corrected chi connectivity index (χ4v) is 1.11. The van der Waals surface area contributed by atoms with Crippen LogP contribution in [0.2, 0.25) is 0 Å². The lowest BCUT2D eigenvalue weighted by Crippen LogP contribution is -2.40. The molecular formula is C11H24N2OS. The van der Waals surface area contributed by atoms with Gasteiger partial charge in [-0.25, -0.2) is 0 Å². The van der Waals surface area contributed by atoms with Crippen molar-refractivity contribution in [2.24, 2.45) is 5.92 Å². The van der Waals surface area contributed by atoms with Crippen LogP contribution in [0.5, 0.6) is 0 Å². The van der Waals surface area contributed by atoms with Crippen molar-refractivity contribution in [2.75, 3.05) is 20.1 Å². The van der Waals surface area contributed by atoms with E-state index in [0.29, 0.717) is 12.6 Å². The summed E-state index contributed by atoms with van der Waals surface area (Å²) in [6, 6.07) is 0.513. The molecule has 0 aromatic rings. The van der Waals surface area contributed by atoms with Gasteiger partial charge in [-0.2, -0.15) is 12.6 Å². The zero-order valence-corrected chi connectivity index (χ0v) is 11.3. The number of carbonyl (C=O) groups is 1. The van der Waals surface area contributed by atoms with Crippen molar-refractivity contribution >= 4 is 18.5 Å². The first-order valence-electron chi connectivity index (χ1n) is 5.52. The van der Waals surface area contributed by atoms with Gasteiger partial charge >= 0.3 is 0 Å². The second kappa shape index (κ2) is 7.12. The van der Waals surface area contributed by atoms with Crippen molar-refractivity contribution in [2.45, 2.75) is 39.0 Å². The predicted octanol–water partition coefficient (Wildman–Crippen LogP) is 1.40. The molecule has 0 bridgehead atoms. The fourth-order valence-electron chi connectivity index (χ4n) is 1.02. The van der Waals surface area contributed by atoms with Crippen LogP contribution in [0.15, 0.2) is 0 Å². The van der Waals surface area contributed by atoms with E-state index >= 15 is 0 Å². The molecular weight excluding hydrogens is 208 g/mol. The highest BCUT2D eigenvalue weighted by Gasteiger charge is 2.16. The molecule has 90 valence electrons. The summed E-state index contributed by atoms with van der Waals surface area (Å²) in [5, 5.41) is 2.69. The Balaban J connectivity index is 3.73. The molecule has 0 rings (SSSR count). The topological polar surface area (TPSA) is 32.3 Å². The van der Waals surface area contributed by atoms with Crippen LogP contribution in [-0.2, 0) is 4.79 Å². The zero-order valence-electron chi connectivity index (χ0n) is 10.4. The number of nitrogens with zero attached hydrogens (tertiary/aromatic N) is 1. The quantitative estimate of drug-likeness (QED) is 0.679. The SMILES string of the molecule is CC(C)C(S)C(=O)NCCN(C)C(C)C. The monoisotopic (exact) mass is 232 g/mol. The van der Waals surface area contributed by atoms with Gasteiger partial charge in [0.15, 0.2) is 0 Å². The lowest BCUT2D eigenvalue weighted by atomic mass is 10.1. The Bertz CT molecular complexity index is 195. The highest BCUT2D eigenvalue weighted by Crippen LogP contribution is 2.08. The van der Waals surface area contributed by atoms with E-state index in [2.05, 4.69) is 43.7 Å². The largest absolute Gasteiger partial charge is 0.354 e. The van der Waals surface area contributed by atoms with Crippen LogP contribution in [0.25, 0.3) is 0 Å². The fraction of sp³-hybridized carbons (Fsp3) is 0.909. The molecule has 3 nitrogen and oxygen atoms in total. The molecule has 0 aromatic heterocycles. The van der Waals surface area contributed by atoms with Gasteiger partial charge < -0.3 is 10.2 Å². The van der Waals surface area contributed by atoms with Crippen molar-refractivity contribution in [3.63, 3.8) is 0 Å². The van der Waals surface area contributed by atoms with Gasteiger partial charge in [-0.15, -0.1) is 0 Å². The summed E-state index contributed by atoms with van der Waals surface area (Å²) in [4.78, 5) is 13.7. The lowest BCUT2D eigenvalue weighted by Gasteiger charge is -2.22. The van der Waals surface area contributed by atoms with Crippen molar-refractivity contribution in [3.8, 4) is 0 Å². The van der Waals surface area contributed by atoms with E-state index in [1.165, 1.54) is 0 Å². The van der Waals surface area contributed by atoms with Gasteiger partial charge in [-0.05, 0) is 26.8 Å². The number of carbonyl (C=O) groups excluding carboxylic acids is 1. The number of nitrogens with one attached hydrogen (secondary N) is 1. The highest BCUT2D eigenvalue weighted by molar-refractivity contribution is 7.81. The Kier molecular flexibility index (Phi) is 7.02. The predicted molar refractivity (Wildman–Crippen MR) is 68.4 cm³/mol. The van der Waals surface area contributed by atoms with Gasteiger partial charge in [-0.1, -0.05) is 13.8 Å². The molecule has 15 heavy (non-hydrogen) atoms.